The van der Waals surface area contributed by atoms with Gasteiger partial charge in [0.1, 0.15) is 11.9 Å². The zero-order chi connectivity index (χ0) is 16.0. The van der Waals surface area contributed by atoms with Crippen LogP contribution in [0.2, 0.25) is 0 Å². The van der Waals surface area contributed by atoms with Crippen LogP contribution in [-0.2, 0) is 0 Å². The Morgan fingerprint density at radius 3 is 2.52 bits per heavy atom. The molecule has 0 bridgehead atoms. The van der Waals surface area contributed by atoms with Crippen LogP contribution in [-0.4, -0.2) is 17.2 Å². The molecule has 2 aromatic rings. The maximum Gasteiger partial charge on any atom is 0.194 e. The molecule has 2 aromatic carbocycles. The van der Waals surface area contributed by atoms with Crippen molar-refractivity contribution < 1.29 is 9.18 Å². The van der Waals surface area contributed by atoms with E-state index < -0.39 is 6.04 Å². The van der Waals surface area contributed by atoms with Gasteiger partial charge in [0.25, 0.3) is 0 Å². The van der Waals surface area contributed by atoms with E-state index in [1.807, 2.05) is 24.5 Å². The van der Waals surface area contributed by atoms with E-state index in [0.717, 1.165) is 11.3 Å². The van der Waals surface area contributed by atoms with E-state index in [1.54, 1.807) is 24.3 Å². The molecule has 1 heterocycles. The SMILES string of the molecule is CSC1=NC(c2ccccc2F)C2=C(N1)c1ccccc1C2=O. The number of ketones is 1. The lowest BCUT2D eigenvalue weighted by Gasteiger charge is -2.23. The van der Waals surface area contributed by atoms with Gasteiger partial charge in [0.05, 0.1) is 11.3 Å². The summed E-state index contributed by atoms with van der Waals surface area (Å²) >= 11 is 1.45. The third-order valence-corrected chi connectivity index (χ3v) is 4.69. The number of rotatable bonds is 1. The zero-order valence-corrected chi connectivity index (χ0v) is 13.2. The number of benzene rings is 2. The van der Waals surface area contributed by atoms with Crippen LogP contribution in [0.1, 0.15) is 27.5 Å². The van der Waals surface area contributed by atoms with Gasteiger partial charge in [-0.2, -0.15) is 0 Å². The fourth-order valence-corrected chi connectivity index (χ4v) is 3.46. The van der Waals surface area contributed by atoms with Crippen molar-refractivity contribution in [1.29, 1.82) is 0 Å². The highest BCUT2D eigenvalue weighted by molar-refractivity contribution is 8.13. The molecule has 23 heavy (non-hydrogen) atoms. The average molecular weight is 324 g/mol. The topological polar surface area (TPSA) is 41.5 Å². The second-order valence-electron chi connectivity index (χ2n) is 5.35. The maximum atomic E-state index is 14.3. The molecule has 0 aromatic heterocycles. The first-order valence-corrected chi connectivity index (χ1v) is 8.44. The summed E-state index contributed by atoms with van der Waals surface area (Å²) in [5, 5.41) is 3.90. The number of hydrogen-bond acceptors (Lipinski definition) is 4. The summed E-state index contributed by atoms with van der Waals surface area (Å²) in [6.45, 7) is 0. The molecule has 114 valence electrons. The number of nitrogens with one attached hydrogen (secondary N) is 1. The van der Waals surface area contributed by atoms with Gasteiger partial charge in [-0.3, -0.25) is 4.79 Å². The van der Waals surface area contributed by atoms with Gasteiger partial charge < -0.3 is 5.32 Å². The van der Waals surface area contributed by atoms with Crippen molar-refractivity contribution in [2.75, 3.05) is 6.26 Å². The third-order valence-electron chi connectivity index (χ3n) is 4.10. The lowest BCUT2D eigenvalue weighted by atomic mass is 9.95. The van der Waals surface area contributed by atoms with Crippen LogP contribution < -0.4 is 5.32 Å². The molecule has 1 unspecified atom stereocenters. The minimum Gasteiger partial charge on any atom is -0.334 e. The van der Waals surface area contributed by atoms with Crippen LogP contribution in [0.25, 0.3) is 5.70 Å². The molecular formula is C18H13FN2OS. The molecule has 0 fully saturated rings. The summed E-state index contributed by atoms with van der Waals surface area (Å²) in [6.07, 6.45) is 1.90. The molecule has 0 saturated carbocycles. The zero-order valence-electron chi connectivity index (χ0n) is 12.3. The normalized spacial score (nSPS) is 19.1. The number of Topliss-reactive ketones (excluding diaryl/α,β-unsaturated/α-hetero) is 1. The van der Waals surface area contributed by atoms with Gasteiger partial charge >= 0.3 is 0 Å². The Kier molecular flexibility index (Phi) is 3.31. The Hall–Kier alpha value is -2.40. The number of halogens is 1. The van der Waals surface area contributed by atoms with Gasteiger partial charge in [0.15, 0.2) is 11.0 Å². The molecule has 3 nitrogen and oxygen atoms in total. The third kappa shape index (κ3) is 2.11. The predicted molar refractivity (Wildman–Crippen MR) is 90.9 cm³/mol. The summed E-state index contributed by atoms with van der Waals surface area (Å²) in [4.78, 5) is 17.4. The second kappa shape index (κ2) is 5.35. The van der Waals surface area contributed by atoms with Crippen molar-refractivity contribution in [3.05, 3.63) is 76.6 Å². The maximum absolute atomic E-state index is 14.3. The lowest BCUT2D eigenvalue weighted by Crippen LogP contribution is -2.26. The molecule has 4 rings (SSSR count). The molecule has 0 saturated heterocycles. The number of thioether (sulfide) groups is 1. The molecule has 1 aliphatic carbocycles. The number of carbonyl (C=O) groups excluding carboxylic acids is 1. The standard InChI is InChI=1S/C18H13FN2OS/c1-23-18-20-15-10-6-2-3-7-11(10)17(22)14(15)16(21-18)12-8-4-5-9-13(12)19/h2-9,16H,1H3,(H,20,21). The van der Waals surface area contributed by atoms with Crippen LogP contribution in [0.5, 0.6) is 0 Å². The van der Waals surface area contributed by atoms with Gasteiger partial charge in [-0.1, -0.05) is 54.2 Å². The monoisotopic (exact) mass is 324 g/mol. The Balaban J connectivity index is 1.92. The summed E-state index contributed by atoms with van der Waals surface area (Å²) < 4.78 is 14.3. The van der Waals surface area contributed by atoms with Crippen molar-refractivity contribution in [2.45, 2.75) is 6.04 Å². The first-order valence-electron chi connectivity index (χ1n) is 7.22. The van der Waals surface area contributed by atoms with Crippen LogP contribution >= 0.6 is 11.8 Å². The summed E-state index contributed by atoms with van der Waals surface area (Å²) in [7, 11) is 0. The smallest absolute Gasteiger partial charge is 0.194 e. The van der Waals surface area contributed by atoms with Crippen molar-refractivity contribution in [3.8, 4) is 0 Å². The van der Waals surface area contributed by atoms with Crippen molar-refractivity contribution in [1.82, 2.24) is 5.32 Å². The highest BCUT2D eigenvalue weighted by atomic mass is 32.2. The van der Waals surface area contributed by atoms with Gasteiger partial charge in [-0.15, -0.1) is 0 Å². The molecule has 1 aliphatic heterocycles. The van der Waals surface area contributed by atoms with Crippen LogP contribution in [0.15, 0.2) is 59.1 Å². The summed E-state index contributed by atoms with van der Waals surface area (Å²) in [6, 6.07) is 13.3. The molecule has 2 aliphatic rings. The lowest BCUT2D eigenvalue weighted by molar-refractivity contribution is 0.103. The first-order chi connectivity index (χ1) is 11.2. The highest BCUT2D eigenvalue weighted by Crippen LogP contribution is 2.43. The molecule has 0 radical (unpaired) electrons. The predicted octanol–water partition coefficient (Wildman–Crippen LogP) is 3.80. The van der Waals surface area contributed by atoms with Crippen molar-refractivity contribution in [2.24, 2.45) is 4.99 Å². The van der Waals surface area contributed by atoms with Crippen LogP contribution in [0, 0.1) is 5.82 Å². The minimum atomic E-state index is -0.616. The van der Waals surface area contributed by atoms with Gasteiger partial charge in [0, 0.05) is 16.7 Å². The van der Waals surface area contributed by atoms with E-state index in [-0.39, 0.29) is 11.6 Å². The number of nitrogens with zero attached hydrogens (tertiary/aromatic N) is 1. The van der Waals surface area contributed by atoms with Crippen molar-refractivity contribution in [3.63, 3.8) is 0 Å². The van der Waals surface area contributed by atoms with E-state index in [9.17, 15) is 9.18 Å². The first kappa shape index (κ1) is 14.2. The second-order valence-corrected chi connectivity index (χ2v) is 6.15. The largest absolute Gasteiger partial charge is 0.334 e. The Bertz CT molecular complexity index is 888. The summed E-state index contributed by atoms with van der Waals surface area (Å²) in [5.74, 6) is -0.431. The van der Waals surface area contributed by atoms with E-state index >= 15 is 0 Å². The Morgan fingerprint density at radius 1 is 1.09 bits per heavy atom. The Morgan fingerprint density at radius 2 is 1.78 bits per heavy atom. The number of hydrogen-bond donors (Lipinski definition) is 1. The van der Waals surface area contributed by atoms with Gasteiger partial charge in [-0.05, 0) is 12.3 Å². The molecule has 0 spiro atoms. The van der Waals surface area contributed by atoms with Gasteiger partial charge in [-0.25, -0.2) is 9.38 Å². The number of amidine groups is 1. The molecule has 1 atom stereocenters. The fourth-order valence-electron chi connectivity index (χ4n) is 3.05. The highest BCUT2D eigenvalue weighted by Gasteiger charge is 2.38. The molecule has 0 amide bonds. The van der Waals surface area contributed by atoms with Crippen LogP contribution in [0.3, 0.4) is 0 Å². The van der Waals surface area contributed by atoms with E-state index in [4.69, 9.17) is 0 Å². The van der Waals surface area contributed by atoms with E-state index in [1.165, 1.54) is 17.8 Å². The quantitative estimate of drug-likeness (QED) is 0.867. The number of aliphatic imine (C=N–C) groups is 1. The summed E-state index contributed by atoms with van der Waals surface area (Å²) in [5.41, 5.74) is 3.20. The van der Waals surface area contributed by atoms with E-state index in [2.05, 4.69) is 10.3 Å². The van der Waals surface area contributed by atoms with Crippen LogP contribution in [0.4, 0.5) is 4.39 Å². The fraction of sp³-hybridized carbons (Fsp3) is 0.111. The number of carbonyl (C=O) groups is 1. The molecule has 5 heteroatoms. The minimum absolute atomic E-state index is 0.0831. The van der Waals surface area contributed by atoms with Crippen molar-refractivity contribution >= 4 is 28.4 Å². The van der Waals surface area contributed by atoms with E-state index in [0.29, 0.717) is 21.9 Å². The Labute approximate surface area is 137 Å². The number of fused-ring (bicyclic) bond motifs is 2. The van der Waals surface area contributed by atoms with Gasteiger partial charge in [0.2, 0.25) is 0 Å². The average Bonchev–Trinajstić information content (AvgIpc) is 2.88. The molecular weight excluding hydrogens is 311 g/mol. The molecule has 1 N–H and O–H groups in total.